The molecule has 4 heterocycles. The number of nitrogens with zero attached hydrogens (tertiary/aromatic N) is 2. The molecule has 174 valence electrons. The number of piperidine rings is 1. The lowest BCUT2D eigenvalue weighted by atomic mass is 9.82. The smallest absolute Gasteiger partial charge is 0.410 e. The van der Waals surface area contributed by atoms with Gasteiger partial charge in [-0.1, -0.05) is 30.5 Å². The van der Waals surface area contributed by atoms with Crippen LogP contribution in [-0.2, 0) is 15.1 Å². The quantitative estimate of drug-likeness (QED) is 0.573. The molecular formula is C25H33ClN2O4. The maximum atomic E-state index is 12.8. The molecule has 0 aliphatic carbocycles. The lowest BCUT2D eigenvalue weighted by Gasteiger charge is -2.42. The fraction of sp³-hybridized carbons (Fsp3) is 0.680. The average molecular weight is 461 g/mol. The highest BCUT2D eigenvalue weighted by Gasteiger charge is 2.48. The third-order valence-corrected chi connectivity index (χ3v) is 8.31. The minimum Gasteiger partial charge on any atom is -0.450 e. The largest absolute Gasteiger partial charge is 0.450 e. The van der Waals surface area contributed by atoms with Gasteiger partial charge in [-0.15, -0.1) is 0 Å². The molecule has 6 nitrogen and oxygen atoms in total. The topological polar surface area (TPSA) is 59.1 Å². The van der Waals surface area contributed by atoms with Crippen molar-refractivity contribution in [3.63, 3.8) is 0 Å². The fourth-order valence-electron chi connectivity index (χ4n) is 6.49. The molecule has 3 saturated heterocycles. The van der Waals surface area contributed by atoms with Crippen molar-refractivity contribution in [1.82, 2.24) is 9.80 Å². The molecule has 1 amide bonds. The zero-order chi connectivity index (χ0) is 22.3. The van der Waals surface area contributed by atoms with Crippen LogP contribution in [0, 0.1) is 0 Å². The van der Waals surface area contributed by atoms with Crippen molar-refractivity contribution in [3.8, 4) is 0 Å². The second-order valence-electron chi connectivity index (χ2n) is 9.77. The summed E-state index contributed by atoms with van der Waals surface area (Å²) in [4.78, 5) is 29.9. The summed E-state index contributed by atoms with van der Waals surface area (Å²) in [5.74, 6) is -0.249. The molecule has 7 heteroatoms. The number of likely N-dealkylation sites (tertiary alicyclic amines) is 1. The zero-order valence-corrected chi connectivity index (χ0v) is 19.6. The van der Waals surface area contributed by atoms with Crippen molar-refractivity contribution in [1.29, 1.82) is 0 Å². The van der Waals surface area contributed by atoms with E-state index < -0.39 is 5.60 Å². The number of esters is 1. The highest BCUT2D eigenvalue weighted by molar-refractivity contribution is 6.31. The fourth-order valence-corrected chi connectivity index (χ4v) is 6.66. The molecular weight excluding hydrogens is 428 g/mol. The Morgan fingerprint density at radius 3 is 2.59 bits per heavy atom. The van der Waals surface area contributed by atoms with Crippen LogP contribution in [0.2, 0.25) is 5.02 Å². The summed E-state index contributed by atoms with van der Waals surface area (Å²) in [6, 6.07) is 6.58. The molecule has 0 radical (unpaired) electrons. The average Bonchev–Trinajstić information content (AvgIpc) is 2.95. The molecule has 32 heavy (non-hydrogen) atoms. The van der Waals surface area contributed by atoms with Crippen LogP contribution in [0.15, 0.2) is 18.2 Å². The number of fused-ring (bicyclic) bond motifs is 4. The molecule has 0 N–H and O–H groups in total. The SMILES string of the molecule is CCOC(=O)N1C2CCCCC1CC(N1CCC3(CC1)OC(=O)c1cc(Cl)ccc13)CC2. The molecule has 0 aromatic heterocycles. The second kappa shape index (κ2) is 8.86. The number of amides is 1. The van der Waals surface area contributed by atoms with Gasteiger partial charge in [-0.2, -0.15) is 0 Å². The van der Waals surface area contributed by atoms with E-state index in [-0.39, 0.29) is 18.1 Å². The van der Waals surface area contributed by atoms with E-state index in [1.807, 2.05) is 19.1 Å². The van der Waals surface area contributed by atoms with Gasteiger partial charge >= 0.3 is 12.1 Å². The molecule has 1 aromatic rings. The Kier molecular flexibility index (Phi) is 6.10. The lowest BCUT2D eigenvalue weighted by Crippen LogP contribution is -2.49. The summed E-state index contributed by atoms with van der Waals surface area (Å²) in [6.07, 6.45) is 9.16. The number of hydrogen-bond acceptors (Lipinski definition) is 5. The lowest BCUT2D eigenvalue weighted by molar-refractivity contribution is -0.0507. The number of carbonyl (C=O) groups is 2. The van der Waals surface area contributed by atoms with Crippen molar-refractivity contribution in [2.45, 2.75) is 88.4 Å². The van der Waals surface area contributed by atoms with Gasteiger partial charge in [0.05, 0.1) is 12.2 Å². The van der Waals surface area contributed by atoms with E-state index in [4.69, 9.17) is 21.1 Å². The standard InChI is InChI=1S/C25H33ClN2O4/c1-2-31-24(30)28-18-5-3-4-6-20(28)16-19(9-8-18)27-13-11-25(12-14-27)22-10-7-17(26)15-21(22)23(29)32-25/h7,10,15,18-20H,2-6,8-9,11-14,16H2,1H3. The Balaban J connectivity index is 1.30. The number of halogens is 1. The Morgan fingerprint density at radius 2 is 1.84 bits per heavy atom. The first-order valence-corrected chi connectivity index (χ1v) is 12.6. The number of benzene rings is 1. The minimum atomic E-state index is -0.511. The maximum absolute atomic E-state index is 12.8. The molecule has 3 fully saturated rings. The van der Waals surface area contributed by atoms with Crippen molar-refractivity contribution in [2.75, 3.05) is 19.7 Å². The Bertz CT molecular complexity index is 883. The Morgan fingerprint density at radius 1 is 1.12 bits per heavy atom. The zero-order valence-electron chi connectivity index (χ0n) is 18.9. The molecule has 4 aliphatic rings. The van der Waals surface area contributed by atoms with Crippen LogP contribution in [0.4, 0.5) is 4.79 Å². The predicted molar refractivity (Wildman–Crippen MR) is 122 cm³/mol. The summed E-state index contributed by atoms with van der Waals surface area (Å²) in [7, 11) is 0. The van der Waals surface area contributed by atoms with Crippen LogP contribution in [0.1, 0.15) is 80.6 Å². The van der Waals surface area contributed by atoms with Crippen molar-refractivity contribution in [3.05, 3.63) is 34.3 Å². The third kappa shape index (κ3) is 3.90. The van der Waals surface area contributed by atoms with Crippen LogP contribution in [-0.4, -0.2) is 59.7 Å². The first-order chi connectivity index (χ1) is 15.5. The van der Waals surface area contributed by atoms with E-state index in [0.717, 1.165) is 63.6 Å². The van der Waals surface area contributed by atoms with Gasteiger partial charge in [-0.3, -0.25) is 4.90 Å². The number of rotatable bonds is 2. The Labute approximate surface area is 195 Å². The van der Waals surface area contributed by atoms with Gasteiger partial charge in [0.15, 0.2) is 0 Å². The van der Waals surface area contributed by atoms with E-state index in [0.29, 0.717) is 29.3 Å². The normalized spacial score (nSPS) is 29.8. The summed E-state index contributed by atoms with van der Waals surface area (Å²) in [5.41, 5.74) is 1.10. The molecule has 1 aromatic carbocycles. The summed E-state index contributed by atoms with van der Waals surface area (Å²) >= 11 is 6.11. The molecule has 3 atom stereocenters. The van der Waals surface area contributed by atoms with Crippen molar-refractivity contribution >= 4 is 23.7 Å². The van der Waals surface area contributed by atoms with Gasteiger partial charge in [0.2, 0.25) is 0 Å². The highest BCUT2D eigenvalue weighted by Crippen LogP contribution is 2.46. The summed E-state index contributed by atoms with van der Waals surface area (Å²) in [5, 5.41) is 0.571. The number of ether oxygens (including phenoxy) is 2. The molecule has 2 bridgehead atoms. The monoisotopic (exact) mass is 460 g/mol. The van der Waals surface area contributed by atoms with E-state index in [1.165, 1.54) is 12.8 Å². The van der Waals surface area contributed by atoms with Crippen LogP contribution >= 0.6 is 11.6 Å². The van der Waals surface area contributed by atoms with Gasteiger partial charge in [0.1, 0.15) is 5.60 Å². The third-order valence-electron chi connectivity index (χ3n) is 8.07. The highest BCUT2D eigenvalue weighted by atomic mass is 35.5. The predicted octanol–water partition coefficient (Wildman–Crippen LogP) is 5.12. The van der Waals surface area contributed by atoms with Crippen LogP contribution < -0.4 is 0 Å². The maximum Gasteiger partial charge on any atom is 0.410 e. The van der Waals surface area contributed by atoms with Crippen molar-refractivity contribution < 1.29 is 19.1 Å². The number of hydrogen-bond donors (Lipinski definition) is 0. The number of carbonyl (C=O) groups excluding carboxylic acids is 2. The van der Waals surface area contributed by atoms with E-state index in [1.54, 1.807) is 6.07 Å². The molecule has 4 aliphatic heterocycles. The molecule has 1 spiro atoms. The van der Waals surface area contributed by atoms with E-state index >= 15 is 0 Å². The minimum absolute atomic E-state index is 0.129. The van der Waals surface area contributed by atoms with Gasteiger partial charge in [0, 0.05) is 54.6 Å². The first kappa shape index (κ1) is 22.0. The second-order valence-corrected chi connectivity index (χ2v) is 10.2. The summed E-state index contributed by atoms with van der Waals surface area (Å²) < 4.78 is 11.4. The van der Waals surface area contributed by atoms with E-state index in [9.17, 15) is 9.59 Å². The first-order valence-electron chi connectivity index (χ1n) is 12.2. The van der Waals surface area contributed by atoms with Gasteiger partial charge in [-0.05, 0) is 51.2 Å². The van der Waals surface area contributed by atoms with Crippen LogP contribution in [0.25, 0.3) is 0 Å². The van der Waals surface area contributed by atoms with Gasteiger partial charge in [0.25, 0.3) is 0 Å². The molecule has 5 rings (SSSR count). The molecule has 0 saturated carbocycles. The van der Waals surface area contributed by atoms with Crippen LogP contribution in [0.3, 0.4) is 0 Å². The molecule has 3 unspecified atom stereocenters. The van der Waals surface area contributed by atoms with Gasteiger partial charge < -0.3 is 14.4 Å². The van der Waals surface area contributed by atoms with Crippen LogP contribution in [0.5, 0.6) is 0 Å². The Hall–Kier alpha value is -1.79. The van der Waals surface area contributed by atoms with Crippen molar-refractivity contribution in [2.24, 2.45) is 0 Å². The van der Waals surface area contributed by atoms with Gasteiger partial charge in [-0.25, -0.2) is 9.59 Å². The van der Waals surface area contributed by atoms with E-state index in [2.05, 4.69) is 9.80 Å². The summed E-state index contributed by atoms with van der Waals surface area (Å²) in [6.45, 7) is 4.11.